The second-order valence-electron chi connectivity index (χ2n) is 8.04. The van der Waals surface area contributed by atoms with Crippen molar-refractivity contribution in [1.82, 2.24) is 4.90 Å². The molecule has 0 aliphatic carbocycles. The molecule has 3 aromatic rings. The zero-order valence-corrected chi connectivity index (χ0v) is 20.5. The predicted molar refractivity (Wildman–Crippen MR) is 139 cm³/mol. The molecule has 1 saturated heterocycles. The largest absolute Gasteiger partial charge is 0.483 e. The van der Waals surface area contributed by atoms with Crippen molar-refractivity contribution in [2.45, 2.75) is 6.92 Å². The minimum atomic E-state index is -0.711. The second kappa shape index (κ2) is 11.5. The van der Waals surface area contributed by atoms with Crippen LogP contribution in [0.2, 0.25) is 0 Å². The summed E-state index contributed by atoms with van der Waals surface area (Å²) in [6.07, 6.45) is 1.47. The number of hydrogen-bond donors (Lipinski definition) is 2. The van der Waals surface area contributed by atoms with Crippen LogP contribution in [0.1, 0.15) is 11.1 Å². The van der Waals surface area contributed by atoms with Crippen LogP contribution in [0.4, 0.5) is 20.6 Å². The lowest BCUT2D eigenvalue weighted by Crippen LogP contribution is -2.36. The lowest BCUT2D eigenvalue weighted by molar-refractivity contribution is -0.127. The van der Waals surface area contributed by atoms with Crippen molar-refractivity contribution in [2.24, 2.45) is 0 Å². The number of hydrogen-bond acceptors (Lipinski definition) is 6. The summed E-state index contributed by atoms with van der Waals surface area (Å²) in [5.41, 5.74) is 2.14. The number of benzene rings is 3. The monoisotopic (exact) mass is 519 g/mol. The lowest BCUT2D eigenvalue weighted by Gasteiger charge is -2.13. The Morgan fingerprint density at radius 2 is 1.65 bits per heavy atom. The molecule has 2 N–H and O–H groups in total. The molecule has 0 saturated carbocycles. The van der Waals surface area contributed by atoms with Gasteiger partial charge in [0.2, 0.25) is 5.91 Å². The van der Waals surface area contributed by atoms with Crippen LogP contribution < -0.4 is 15.4 Å². The van der Waals surface area contributed by atoms with E-state index in [-0.39, 0.29) is 23.1 Å². The molecule has 0 bridgehead atoms. The molecule has 188 valence electrons. The van der Waals surface area contributed by atoms with Crippen LogP contribution in [0, 0.1) is 12.7 Å². The van der Waals surface area contributed by atoms with Gasteiger partial charge in [0.15, 0.2) is 6.61 Å². The van der Waals surface area contributed by atoms with Gasteiger partial charge in [-0.25, -0.2) is 4.39 Å². The summed E-state index contributed by atoms with van der Waals surface area (Å²) in [5.74, 6) is -2.03. The standard InChI is InChI=1S/C27H22FN3O5S/c1-17-10-12-19(13-11-17)29-25(33)16-36-22-9-5-2-6-18(22)14-23-26(34)31(27(35)37-23)15-24(32)30-21-8-4-3-7-20(21)28/h2-14H,15-16H2,1H3,(H,29,33)(H,30,32)/b23-14-. The molecule has 3 aromatic carbocycles. The Morgan fingerprint density at radius 1 is 0.946 bits per heavy atom. The molecular formula is C27H22FN3O5S. The van der Waals surface area contributed by atoms with Crippen LogP contribution >= 0.6 is 11.8 Å². The summed E-state index contributed by atoms with van der Waals surface area (Å²) in [7, 11) is 0. The number of anilines is 2. The molecule has 37 heavy (non-hydrogen) atoms. The van der Waals surface area contributed by atoms with E-state index in [1.54, 1.807) is 42.5 Å². The minimum Gasteiger partial charge on any atom is -0.483 e. The third-order valence-corrected chi connectivity index (χ3v) is 6.13. The second-order valence-corrected chi connectivity index (χ2v) is 9.03. The average Bonchev–Trinajstić information content (AvgIpc) is 3.13. The molecule has 8 nitrogen and oxygen atoms in total. The number of carbonyl (C=O) groups excluding carboxylic acids is 4. The molecular weight excluding hydrogens is 497 g/mol. The van der Waals surface area contributed by atoms with Gasteiger partial charge in [-0.05, 0) is 55.1 Å². The number of rotatable bonds is 8. The highest BCUT2D eigenvalue weighted by atomic mass is 32.2. The summed E-state index contributed by atoms with van der Waals surface area (Å²) in [4.78, 5) is 50.7. The highest BCUT2D eigenvalue weighted by molar-refractivity contribution is 8.18. The topological polar surface area (TPSA) is 105 Å². The molecule has 0 aromatic heterocycles. The summed E-state index contributed by atoms with van der Waals surface area (Å²) < 4.78 is 19.4. The molecule has 10 heteroatoms. The quantitative estimate of drug-likeness (QED) is 0.413. The highest BCUT2D eigenvalue weighted by Crippen LogP contribution is 2.34. The molecule has 0 radical (unpaired) electrons. The van der Waals surface area contributed by atoms with E-state index in [9.17, 15) is 23.6 Å². The zero-order chi connectivity index (χ0) is 26.4. The van der Waals surface area contributed by atoms with Gasteiger partial charge in [-0.3, -0.25) is 24.1 Å². The van der Waals surface area contributed by atoms with Gasteiger partial charge < -0.3 is 15.4 Å². The van der Waals surface area contributed by atoms with Crippen molar-refractivity contribution < 1.29 is 28.3 Å². The fourth-order valence-corrected chi connectivity index (χ4v) is 4.21. The number of ether oxygens (including phenoxy) is 1. The van der Waals surface area contributed by atoms with Crippen LogP contribution in [0.25, 0.3) is 6.08 Å². The smallest absolute Gasteiger partial charge is 0.294 e. The van der Waals surface area contributed by atoms with Crippen molar-refractivity contribution >= 4 is 52.2 Å². The molecule has 1 heterocycles. The van der Waals surface area contributed by atoms with Gasteiger partial charge in [-0.15, -0.1) is 0 Å². The maximum atomic E-state index is 13.8. The summed E-state index contributed by atoms with van der Waals surface area (Å²) in [5, 5.41) is 4.46. The first-order valence-electron chi connectivity index (χ1n) is 11.2. The zero-order valence-electron chi connectivity index (χ0n) is 19.7. The predicted octanol–water partition coefficient (Wildman–Crippen LogP) is 4.83. The fraction of sp³-hybridized carbons (Fsp3) is 0.111. The van der Waals surface area contributed by atoms with E-state index < -0.39 is 29.4 Å². The van der Waals surface area contributed by atoms with Gasteiger partial charge in [0.05, 0.1) is 10.6 Å². The maximum absolute atomic E-state index is 13.8. The average molecular weight is 520 g/mol. The molecule has 1 fully saturated rings. The van der Waals surface area contributed by atoms with Crippen LogP contribution in [0.15, 0.2) is 77.7 Å². The molecule has 1 aliphatic rings. The number of nitrogens with zero attached hydrogens (tertiary/aromatic N) is 1. The number of para-hydroxylation sites is 2. The van der Waals surface area contributed by atoms with Gasteiger partial charge >= 0.3 is 0 Å². The number of thioether (sulfide) groups is 1. The van der Waals surface area contributed by atoms with Gasteiger partial charge in [0, 0.05) is 11.3 Å². The van der Waals surface area contributed by atoms with E-state index in [1.165, 1.54) is 24.3 Å². The third-order valence-electron chi connectivity index (χ3n) is 5.22. The van der Waals surface area contributed by atoms with Gasteiger partial charge in [0.25, 0.3) is 17.1 Å². The Morgan fingerprint density at radius 3 is 2.41 bits per heavy atom. The van der Waals surface area contributed by atoms with E-state index in [2.05, 4.69) is 10.6 Å². The van der Waals surface area contributed by atoms with Crippen LogP contribution in [-0.4, -0.2) is 41.0 Å². The number of halogens is 1. The first-order valence-corrected chi connectivity index (χ1v) is 12.0. The first-order chi connectivity index (χ1) is 17.8. The number of carbonyl (C=O) groups is 4. The van der Waals surface area contributed by atoms with Crippen molar-refractivity contribution in [2.75, 3.05) is 23.8 Å². The molecule has 4 amide bonds. The van der Waals surface area contributed by atoms with E-state index >= 15 is 0 Å². The van der Waals surface area contributed by atoms with Crippen LogP contribution in [0.5, 0.6) is 5.75 Å². The van der Waals surface area contributed by atoms with Crippen molar-refractivity contribution in [3.05, 3.63) is 94.6 Å². The highest BCUT2D eigenvalue weighted by Gasteiger charge is 2.36. The SMILES string of the molecule is Cc1ccc(NC(=O)COc2ccccc2/C=C2\SC(=O)N(CC(=O)Nc3ccccc3F)C2=O)cc1. The number of nitrogens with one attached hydrogen (secondary N) is 2. The molecule has 0 spiro atoms. The molecule has 0 unspecified atom stereocenters. The van der Waals surface area contributed by atoms with Crippen molar-refractivity contribution in [1.29, 1.82) is 0 Å². The fourth-order valence-electron chi connectivity index (χ4n) is 3.38. The lowest BCUT2D eigenvalue weighted by atomic mass is 10.2. The van der Waals surface area contributed by atoms with E-state index in [1.807, 2.05) is 19.1 Å². The van der Waals surface area contributed by atoms with Crippen molar-refractivity contribution in [3.63, 3.8) is 0 Å². The molecule has 4 rings (SSSR count). The Kier molecular flexibility index (Phi) is 7.99. The van der Waals surface area contributed by atoms with E-state index in [4.69, 9.17) is 4.74 Å². The Bertz CT molecular complexity index is 1390. The maximum Gasteiger partial charge on any atom is 0.294 e. The van der Waals surface area contributed by atoms with Gasteiger partial charge in [-0.1, -0.05) is 48.0 Å². The third kappa shape index (κ3) is 6.62. The molecule has 0 atom stereocenters. The Hall–Kier alpha value is -4.44. The summed E-state index contributed by atoms with van der Waals surface area (Å²) >= 11 is 0.674. The van der Waals surface area contributed by atoms with Crippen LogP contribution in [0.3, 0.4) is 0 Å². The van der Waals surface area contributed by atoms with E-state index in [0.717, 1.165) is 10.5 Å². The normalized spacial score (nSPS) is 14.1. The first kappa shape index (κ1) is 25.6. The summed E-state index contributed by atoms with van der Waals surface area (Å²) in [6.45, 7) is 1.12. The molecule has 1 aliphatic heterocycles. The number of aryl methyl sites for hydroxylation is 1. The van der Waals surface area contributed by atoms with Gasteiger partial charge in [-0.2, -0.15) is 0 Å². The number of amides is 4. The van der Waals surface area contributed by atoms with Gasteiger partial charge in [0.1, 0.15) is 18.1 Å². The van der Waals surface area contributed by atoms with Crippen LogP contribution in [-0.2, 0) is 14.4 Å². The number of imide groups is 1. The Balaban J connectivity index is 1.40. The van der Waals surface area contributed by atoms with Crippen molar-refractivity contribution in [3.8, 4) is 5.75 Å². The van der Waals surface area contributed by atoms with E-state index in [0.29, 0.717) is 28.8 Å². The minimum absolute atomic E-state index is 0.0486. The Labute approximate surface area is 216 Å². The summed E-state index contributed by atoms with van der Waals surface area (Å²) in [6, 6.07) is 19.6.